The first-order valence-electron chi connectivity index (χ1n) is 6.06. The van der Waals surface area contributed by atoms with Gasteiger partial charge in [-0.05, 0) is 29.8 Å². The van der Waals surface area contributed by atoms with Crippen LogP contribution in [0.3, 0.4) is 0 Å². The lowest BCUT2D eigenvalue weighted by molar-refractivity contribution is -0.118. The summed E-state index contributed by atoms with van der Waals surface area (Å²) in [5.41, 5.74) is 6.56. The summed E-state index contributed by atoms with van der Waals surface area (Å²) in [5, 5.41) is 2.98. The van der Waals surface area contributed by atoms with E-state index in [-0.39, 0.29) is 5.75 Å². The molecule has 2 aromatic rings. The molecule has 0 aliphatic heterocycles. The second-order valence-corrected chi connectivity index (χ2v) is 4.24. The normalized spacial score (nSPS) is 11.7. The van der Waals surface area contributed by atoms with Crippen LogP contribution >= 0.6 is 0 Å². The summed E-state index contributed by atoms with van der Waals surface area (Å²) in [6.07, 6.45) is 0. The second kappa shape index (κ2) is 6.06. The fourth-order valence-electron chi connectivity index (χ4n) is 1.88. The van der Waals surface area contributed by atoms with E-state index < -0.39 is 17.8 Å². The molecule has 0 radical (unpaired) electrons. The summed E-state index contributed by atoms with van der Waals surface area (Å²) in [7, 11) is 1.38. The Kier molecular flexibility index (Phi) is 4.20. The fourth-order valence-corrected chi connectivity index (χ4v) is 1.88. The largest absolute Gasteiger partial charge is 0.494 e. The number of methoxy groups -OCH3 is 1. The highest BCUT2D eigenvalue weighted by Gasteiger charge is 2.19. The molecule has 0 saturated carbocycles. The molecule has 4 nitrogen and oxygen atoms in total. The van der Waals surface area contributed by atoms with Crippen molar-refractivity contribution in [3.8, 4) is 5.75 Å². The fraction of sp³-hybridized carbons (Fsp3) is 0.133. The van der Waals surface area contributed by atoms with Gasteiger partial charge in [0.2, 0.25) is 5.91 Å². The summed E-state index contributed by atoms with van der Waals surface area (Å²) >= 11 is 0. The van der Waals surface area contributed by atoms with Crippen molar-refractivity contribution in [1.29, 1.82) is 0 Å². The lowest BCUT2D eigenvalue weighted by Gasteiger charge is -2.17. The predicted octanol–water partition coefficient (Wildman–Crippen LogP) is 2.47. The average molecular weight is 274 g/mol. The number of para-hydroxylation sites is 1. The lowest BCUT2D eigenvalue weighted by Crippen LogP contribution is -2.27. The Hall–Kier alpha value is -2.56. The van der Waals surface area contributed by atoms with Crippen LogP contribution in [0.4, 0.5) is 10.1 Å². The number of hydrogen-bond acceptors (Lipinski definition) is 3. The molecule has 5 heteroatoms. The zero-order valence-electron chi connectivity index (χ0n) is 11.0. The molecular weight excluding hydrogens is 259 g/mol. The number of carbonyl (C=O) groups is 1. The molecule has 1 amide bonds. The van der Waals surface area contributed by atoms with Crippen molar-refractivity contribution in [3.63, 3.8) is 0 Å². The number of carbonyl (C=O) groups excluding carboxylic acids is 1. The van der Waals surface area contributed by atoms with E-state index >= 15 is 0 Å². The van der Waals surface area contributed by atoms with Gasteiger partial charge in [0.05, 0.1) is 7.11 Å². The van der Waals surface area contributed by atoms with E-state index in [0.29, 0.717) is 5.56 Å². The van der Waals surface area contributed by atoms with E-state index in [2.05, 4.69) is 5.32 Å². The summed E-state index contributed by atoms with van der Waals surface area (Å²) < 4.78 is 18.6. The van der Waals surface area contributed by atoms with E-state index in [0.717, 1.165) is 5.69 Å². The Morgan fingerprint density at radius 3 is 2.50 bits per heavy atom. The zero-order valence-corrected chi connectivity index (χ0v) is 11.0. The zero-order chi connectivity index (χ0) is 14.5. The van der Waals surface area contributed by atoms with Crippen LogP contribution in [0.25, 0.3) is 0 Å². The van der Waals surface area contributed by atoms with Gasteiger partial charge in [0.1, 0.15) is 6.04 Å². The van der Waals surface area contributed by atoms with Crippen LogP contribution in [0.1, 0.15) is 11.6 Å². The summed E-state index contributed by atoms with van der Waals surface area (Å²) in [4.78, 5) is 11.6. The average Bonchev–Trinajstić information content (AvgIpc) is 2.45. The van der Waals surface area contributed by atoms with Gasteiger partial charge in [-0.15, -0.1) is 0 Å². The number of nitrogens with two attached hydrogens (primary N) is 1. The Balaban J connectivity index is 2.29. The van der Waals surface area contributed by atoms with Gasteiger partial charge in [0.15, 0.2) is 11.6 Å². The Bertz CT molecular complexity index is 602. The highest BCUT2D eigenvalue weighted by Crippen LogP contribution is 2.24. The van der Waals surface area contributed by atoms with Gasteiger partial charge in [0.25, 0.3) is 0 Å². The third-order valence-corrected chi connectivity index (χ3v) is 2.88. The maximum absolute atomic E-state index is 13.7. The minimum Gasteiger partial charge on any atom is -0.494 e. The molecule has 0 aromatic heterocycles. The van der Waals surface area contributed by atoms with E-state index in [1.165, 1.54) is 19.2 Å². The molecule has 0 saturated heterocycles. The molecule has 0 aliphatic rings. The molecule has 0 spiro atoms. The number of halogens is 1. The van der Waals surface area contributed by atoms with Crippen LogP contribution in [0.15, 0.2) is 48.5 Å². The second-order valence-electron chi connectivity index (χ2n) is 4.24. The molecule has 0 fully saturated rings. The maximum Gasteiger partial charge on any atom is 0.244 e. The number of ether oxygens (including phenoxy) is 1. The molecule has 0 bridgehead atoms. The van der Waals surface area contributed by atoms with Crippen LogP contribution in [-0.4, -0.2) is 13.0 Å². The number of benzene rings is 2. The van der Waals surface area contributed by atoms with Gasteiger partial charge in [-0.1, -0.05) is 24.3 Å². The topological polar surface area (TPSA) is 64.3 Å². The molecule has 2 aromatic carbocycles. The number of rotatable bonds is 5. The predicted molar refractivity (Wildman–Crippen MR) is 75.0 cm³/mol. The van der Waals surface area contributed by atoms with Crippen LogP contribution in [0.2, 0.25) is 0 Å². The van der Waals surface area contributed by atoms with Crippen molar-refractivity contribution in [3.05, 3.63) is 59.9 Å². The Morgan fingerprint density at radius 2 is 1.95 bits per heavy atom. The van der Waals surface area contributed by atoms with Gasteiger partial charge < -0.3 is 15.8 Å². The quantitative estimate of drug-likeness (QED) is 0.880. The third kappa shape index (κ3) is 3.06. The highest BCUT2D eigenvalue weighted by atomic mass is 19.1. The molecule has 0 aliphatic carbocycles. The highest BCUT2D eigenvalue weighted by molar-refractivity contribution is 5.84. The third-order valence-electron chi connectivity index (χ3n) is 2.88. The van der Waals surface area contributed by atoms with Gasteiger partial charge in [-0.25, -0.2) is 4.39 Å². The summed E-state index contributed by atoms with van der Waals surface area (Å²) in [6, 6.07) is 12.6. The summed E-state index contributed by atoms with van der Waals surface area (Å²) in [5.74, 6) is -0.999. The van der Waals surface area contributed by atoms with E-state index in [4.69, 9.17) is 10.5 Å². The van der Waals surface area contributed by atoms with Crippen LogP contribution in [-0.2, 0) is 4.79 Å². The van der Waals surface area contributed by atoms with E-state index in [1.54, 1.807) is 18.2 Å². The SMILES string of the molecule is COc1ccc(C(Nc2ccccc2)C(N)=O)cc1F. The van der Waals surface area contributed by atoms with Gasteiger partial charge in [0, 0.05) is 5.69 Å². The van der Waals surface area contributed by atoms with Crippen molar-refractivity contribution in [2.75, 3.05) is 12.4 Å². The molecule has 1 atom stereocenters. The molecular formula is C15H15FN2O2. The van der Waals surface area contributed by atoms with Crippen molar-refractivity contribution < 1.29 is 13.9 Å². The van der Waals surface area contributed by atoms with Crippen LogP contribution < -0.4 is 15.8 Å². The maximum atomic E-state index is 13.7. The van der Waals surface area contributed by atoms with Crippen molar-refractivity contribution in [1.82, 2.24) is 0 Å². The first-order valence-corrected chi connectivity index (χ1v) is 6.06. The van der Waals surface area contributed by atoms with Crippen molar-refractivity contribution in [2.24, 2.45) is 5.73 Å². The van der Waals surface area contributed by atoms with Gasteiger partial charge >= 0.3 is 0 Å². The van der Waals surface area contributed by atoms with Crippen LogP contribution in [0.5, 0.6) is 5.75 Å². The number of hydrogen-bond donors (Lipinski definition) is 2. The number of amides is 1. The smallest absolute Gasteiger partial charge is 0.244 e. The molecule has 2 rings (SSSR count). The molecule has 20 heavy (non-hydrogen) atoms. The Labute approximate surface area is 116 Å². The molecule has 0 heterocycles. The van der Waals surface area contributed by atoms with Gasteiger partial charge in [-0.2, -0.15) is 0 Å². The number of nitrogens with one attached hydrogen (secondary N) is 1. The molecule has 3 N–H and O–H groups in total. The summed E-state index contributed by atoms with van der Waals surface area (Å²) in [6.45, 7) is 0. The Morgan fingerprint density at radius 1 is 1.25 bits per heavy atom. The minimum absolute atomic E-state index is 0.122. The number of primary amides is 1. The van der Waals surface area contributed by atoms with Gasteiger partial charge in [-0.3, -0.25) is 4.79 Å². The molecule has 1 unspecified atom stereocenters. The molecule has 104 valence electrons. The first kappa shape index (κ1) is 13.9. The van der Waals surface area contributed by atoms with Crippen LogP contribution in [0, 0.1) is 5.82 Å². The van der Waals surface area contributed by atoms with E-state index in [1.807, 2.05) is 18.2 Å². The van der Waals surface area contributed by atoms with Crippen molar-refractivity contribution >= 4 is 11.6 Å². The standard InChI is InChI=1S/C15H15FN2O2/c1-20-13-8-7-10(9-12(13)16)14(15(17)19)18-11-5-3-2-4-6-11/h2-9,14,18H,1H3,(H2,17,19). The monoisotopic (exact) mass is 274 g/mol. The first-order chi connectivity index (χ1) is 9.61. The van der Waals surface area contributed by atoms with E-state index in [9.17, 15) is 9.18 Å². The van der Waals surface area contributed by atoms with Crippen molar-refractivity contribution in [2.45, 2.75) is 6.04 Å². The number of anilines is 1. The lowest BCUT2D eigenvalue weighted by atomic mass is 10.1. The minimum atomic E-state index is -0.808.